The third kappa shape index (κ3) is 10.2. The van der Waals surface area contributed by atoms with Gasteiger partial charge in [0.25, 0.3) is 0 Å². The Balaban J connectivity index is 0.000000526. The Morgan fingerprint density at radius 3 is 1.19 bits per heavy atom. The van der Waals surface area contributed by atoms with Crippen LogP contribution in [-0.2, 0) is 0 Å². The van der Waals surface area contributed by atoms with E-state index in [9.17, 15) is 38.2 Å². The number of likely N-dealkylation sites (N-methyl/N-ethyl adjacent to an activating group) is 2. The number of hydrogen-bond donors (Lipinski definition) is 4. The number of aromatic carboxylic acids is 2. The van der Waals surface area contributed by atoms with Crippen LogP contribution in [0.25, 0.3) is 21.8 Å². The van der Waals surface area contributed by atoms with Crippen molar-refractivity contribution < 1.29 is 85.1 Å². The minimum atomic E-state index is -1.27. The quantitative estimate of drug-likeness (QED) is 0.132. The van der Waals surface area contributed by atoms with Crippen molar-refractivity contribution in [2.24, 2.45) is 0 Å². The molecule has 4 aliphatic rings. The lowest BCUT2D eigenvalue weighted by atomic mass is 10.1. The first-order valence-corrected chi connectivity index (χ1v) is 18.4. The number of pyridine rings is 2. The van der Waals surface area contributed by atoms with Crippen LogP contribution in [0.5, 0.6) is 0 Å². The second-order valence-electron chi connectivity index (χ2n) is 14.5. The minimum absolute atomic E-state index is 0. The number of carboxylic acids is 2. The van der Waals surface area contributed by atoms with Gasteiger partial charge in [0.1, 0.15) is 22.8 Å². The number of halogens is 4. The monoisotopic (exact) mass is 862 g/mol. The number of aromatic nitrogens is 2. The van der Waals surface area contributed by atoms with Gasteiger partial charge >= 0.3 is 11.9 Å². The van der Waals surface area contributed by atoms with E-state index >= 15 is 0 Å². The fourth-order valence-electron chi connectivity index (χ4n) is 7.65. The van der Waals surface area contributed by atoms with E-state index in [2.05, 4.69) is 13.8 Å². The molecule has 4 fully saturated rings. The van der Waals surface area contributed by atoms with Crippen LogP contribution in [0.2, 0.25) is 0 Å². The van der Waals surface area contributed by atoms with Crippen molar-refractivity contribution in [1.82, 2.24) is 9.13 Å². The van der Waals surface area contributed by atoms with Crippen LogP contribution in [0.15, 0.2) is 46.2 Å². The molecule has 20 heteroatoms. The molecule has 2 aromatic heterocycles. The van der Waals surface area contributed by atoms with Gasteiger partial charge in [-0.15, -0.1) is 0 Å². The molecule has 2 aliphatic heterocycles. The number of rotatable bonds is 8. The number of nitrogens with one attached hydrogen (secondary N) is 2. The molecule has 0 unspecified atom stereocenters. The highest BCUT2D eigenvalue weighted by Crippen LogP contribution is 2.39. The molecule has 12 N–H and O–H groups in total. The average Bonchev–Trinajstić information content (AvgIpc) is 4.07. The minimum Gasteiger partial charge on any atom is -1.00 e. The second kappa shape index (κ2) is 21.0. The molecule has 2 aromatic carbocycles. The molecule has 0 bridgehead atoms. The standard InChI is InChI=1S/2C19H22FN3O3.2ClH.4H2O/c2*1-2-21-5-7-22(8-6-21)17-10-16-13(9-15(17)20)18(24)14(19(25)26)11-23(16)12-3-4-12;;;;;;/h2*9-12H,2-8H2,1H3,(H,25,26);2*1H;4*1H2. The van der Waals surface area contributed by atoms with Crippen LogP contribution in [0.3, 0.4) is 0 Å². The molecule has 2 aliphatic carbocycles. The van der Waals surface area contributed by atoms with E-state index in [4.69, 9.17) is 0 Å². The molecule has 0 atom stereocenters. The molecule has 324 valence electrons. The van der Waals surface area contributed by atoms with E-state index < -0.39 is 34.4 Å². The van der Waals surface area contributed by atoms with Crippen molar-refractivity contribution in [3.8, 4) is 0 Å². The van der Waals surface area contributed by atoms with Crippen LogP contribution < -0.4 is 55.3 Å². The summed E-state index contributed by atoms with van der Waals surface area (Å²) in [5.74, 6) is -3.46. The summed E-state index contributed by atoms with van der Waals surface area (Å²) in [6.07, 6.45) is 6.63. The van der Waals surface area contributed by atoms with E-state index in [0.29, 0.717) is 22.4 Å². The van der Waals surface area contributed by atoms with Gasteiger partial charge in [-0.25, -0.2) is 18.4 Å². The summed E-state index contributed by atoms with van der Waals surface area (Å²) >= 11 is 0. The van der Waals surface area contributed by atoms with E-state index in [0.717, 1.165) is 91.1 Å². The van der Waals surface area contributed by atoms with Crippen molar-refractivity contribution in [3.63, 3.8) is 0 Å². The number of piperazine rings is 2. The van der Waals surface area contributed by atoms with E-state index in [1.165, 1.54) is 34.3 Å². The third-order valence-corrected chi connectivity index (χ3v) is 11.2. The first-order chi connectivity index (χ1) is 25.0. The fraction of sp³-hybridized carbons (Fsp3) is 0.474. The SMILES string of the molecule is CC[NH+]1CCN(c2cc3c(cc2F)c(=O)c(C(=O)O)cn3C2CC2)CC1.CC[NH+]1CCN(c2cc3c(cc2F)c(=O)c(C(=O)O)cn3C2CC2)CC1.O.O.O.O.[Cl-].[Cl-]. The molecule has 2 saturated heterocycles. The first-order valence-electron chi connectivity index (χ1n) is 18.4. The lowest BCUT2D eigenvalue weighted by Crippen LogP contribution is -3.14. The van der Waals surface area contributed by atoms with Gasteiger partial charge in [-0.3, -0.25) is 9.59 Å². The highest BCUT2D eigenvalue weighted by atomic mass is 35.5. The highest BCUT2D eigenvalue weighted by molar-refractivity contribution is 5.94. The van der Waals surface area contributed by atoms with E-state index in [1.54, 1.807) is 12.1 Å². The second-order valence-corrected chi connectivity index (χ2v) is 14.5. The molecule has 2 saturated carbocycles. The van der Waals surface area contributed by atoms with Gasteiger partial charge in [0, 0.05) is 35.2 Å². The lowest BCUT2D eigenvalue weighted by Gasteiger charge is -2.33. The lowest BCUT2D eigenvalue weighted by molar-refractivity contribution is -0.898. The Morgan fingerprint density at radius 1 is 0.621 bits per heavy atom. The number of benzene rings is 2. The van der Waals surface area contributed by atoms with Gasteiger partial charge in [-0.2, -0.15) is 0 Å². The molecular formula is C38H54Cl2F2N6O10. The van der Waals surface area contributed by atoms with Crippen molar-refractivity contribution in [2.75, 3.05) is 75.2 Å². The molecule has 0 radical (unpaired) electrons. The van der Waals surface area contributed by atoms with Gasteiger partial charge in [0.15, 0.2) is 0 Å². The van der Waals surface area contributed by atoms with Gasteiger partial charge in [0.2, 0.25) is 10.9 Å². The Morgan fingerprint density at radius 2 is 0.931 bits per heavy atom. The molecule has 16 nitrogen and oxygen atoms in total. The average molecular weight is 864 g/mol. The molecule has 8 rings (SSSR count). The van der Waals surface area contributed by atoms with Crippen molar-refractivity contribution >= 4 is 45.1 Å². The Labute approximate surface area is 345 Å². The third-order valence-electron chi connectivity index (χ3n) is 11.2. The normalized spacial score (nSPS) is 16.6. The fourth-order valence-corrected chi connectivity index (χ4v) is 7.65. The van der Waals surface area contributed by atoms with Crippen molar-refractivity contribution in [3.05, 3.63) is 79.9 Å². The Bertz CT molecular complexity index is 2030. The Kier molecular flexibility index (Phi) is 18.7. The van der Waals surface area contributed by atoms with Crippen LogP contribution in [-0.4, -0.2) is 119 Å². The zero-order valence-electron chi connectivity index (χ0n) is 32.3. The van der Waals surface area contributed by atoms with Gasteiger partial charge in [-0.05, 0) is 63.8 Å². The van der Waals surface area contributed by atoms with Crippen LogP contribution >= 0.6 is 0 Å². The summed E-state index contributed by atoms with van der Waals surface area (Å²) in [6.45, 7) is 13.3. The van der Waals surface area contributed by atoms with Gasteiger partial charge in [0.05, 0.1) is 87.9 Å². The van der Waals surface area contributed by atoms with Crippen LogP contribution in [0.4, 0.5) is 20.2 Å². The molecule has 0 amide bonds. The smallest absolute Gasteiger partial charge is 0.341 e. The topological polar surface area (TPSA) is 260 Å². The number of anilines is 2. The van der Waals surface area contributed by atoms with Crippen LogP contribution in [0.1, 0.15) is 72.3 Å². The summed E-state index contributed by atoms with van der Waals surface area (Å²) in [6, 6.07) is 6.28. The molecule has 58 heavy (non-hydrogen) atoms. The van der Waals surface area contributed by atoms with Crippen molar-refractivity contribution in [1.29, 1.82) is 0 Å². The number of quaternary nitrogens is 2. The molecule has 4 heterocycles. The molecule has 0 spiro atoms. The summed E-state index contributed by atoms with van der Waals surface area (Å²) < 4.78 is 33.3. The largest absolute Gasteiger partial charge is 1.00 e. The number of carboxylic acid groups (broad SMARTS) is 2. The Hall–Kier alpha value is -4.40. The summed E-state index contributed by atoms with van der Waals surface area (Å²) in [7, 11) is 0. The number of nitrogens with zero attached hydrogens (tertiary/aromatic N) is 4. The summed E-state index contributed by atoms with van der Waals surface area (Å²) in [5.41, 5.74) is 0.445. The number of fused-ring (bicyclic) bond motifs is 2. The van der Waals surface area contributed by atoms with E-state index in [-0.39, 0.29) is 80.7 Å². The molecular weight excluding hydrogens is 809 g/mol. The zero-order chi connectivity index (χ0) is 36.8. The van der Waals surface area contributed by atoms with Crippen LogP contribution in [0, 0.1) is 11.6 Å². The predicted molar refractivity (Wildman–Crippen MR) is 208 cm³/mol. The maximum atomic E-state index is 14.8. The summed E-state index contributed by atoms with van der Waals surface area (Å²) in [4.78, 5) is 54.9. The number of carbonyl (C=O) groups is 2. The zero-order valence-corrected chi connectivity index (χ0v) is 33.9. The number of hydrogen-bond acceptors (Lipinski definition) is 6. The molecule has 4 aromatic rings. The highest BCUT2D eigenvalue weighted by Gasteiger charge is 2.30. The van der Waals surface area contributed by atoms with Crippen molar-refractivity contribution in [2.45, 2.75) is 51.6 Å². The maximum Gasteiger partial charge on any atom is 0.341 e. The van der Waals surface area contributed by atoms with Gasteiger partial charge in [-0.1, -0.05) is 0 Å². The summed E-state index contributed by atoms with van der Waals surface area (Å²) in [5, 5.41) is 18.9. The first kappa shape index (κ1) is 51.6. The predicted octanol–water partition coefficient (Wildman–Crippen LogP) is -7.49. The van der Waals surface area contributed by atoms with Gasteiger partial charge < -0.3 is 85.7 Å². The van der Waals surface area contributed by atoms with E-state index in [1.807, 2.05) is 18.9 Å². The maximum absolute atomic E-state index is 14.8.